The lowest BCUT2D eigenvalue weighted by Gasteiger charge is -2.15. The second kappa shape index (κ2) is 8.89. The first-order valence-electron chi connectivity index (χ1n) is 9.60. The minimum atomic E-state index is -0.223. The van der Waals surface area contributed by atoms with Gasteiger partial charge in [-0.05, 0) is 48.2 Å². The Hall–Kier alpha value is -2.86. The summed E-state index contributed by atoms with van der Waals surface area (Å²) in [7, 11) is 3.44. The summed E-state index contributed by atoms with van der Waals surface area (Å²) in [6.07, 6.45) is 0.899. The van der Waals surface area contributed by atoms with Crippen molar-refractivity contribution in [2.24, 2.45) is 0 Å². The Morgan fingerprint density at radius 3 is 2.36 bits per heavy atom. The average Bonchev–Trinajstić information content (AvgIpc) is 3.09. The number of urea groups is 1. The van der Waals surface area contributed by atoms with Gasteiger partial charge in [-0.1, -0.05) is 24.3 Å². The molecule has 6 nitrogen and oxygen atoms in total. The predicted molar refractivity (Wildman–Crippen MR) is 111 cm³/mol. The van der Waals surface area contributed by atoms with Gasteiger partial charge in [-0.3, -0.25) is 9.69 Å². The Morgan fingerprint density at radius 2 is 1.75 bits per heavy atom. The van der Waals surface area contributed by atoms with Gasteiger partial charge in [0.25, 0.3) is 5.91 Å². The number of anilines is 1. The third-order valence-electron chi connectivity index (χ3n) is 4.97. The summed E-state index contributed by atoms with van der Waals surface area (Å²) in [6.45, 7) is 5.43. The van der Waals surface area contributed by atoms with Gasteiger partial charge in [0.1, 0.15) is 0 Å². The molecule has 2 N–H and O–H groups in total. The number of fused-ring (bicyclic) bond motifs is 1. The summed E-state index contributed by atoms with van der Waals surface area (Å²) in [5.41, 5.74) is 4.99. The van der Waals surface area contributed by atoms with Crippen molar-refractivity contribution < 1.29 is 9.59 Å². The summed E-state index contributed by atoms with van der Waals surface area (Å²) < 4.78 is 0. The second-order valence-corrected chi connectivity index (χ2v) is 7.44. The number of nitrogens with zero attached hydrogens (tertiary/aromatic N) is 2. The highest BCUT2D eigenvalue weighted by molar-refractivity contribution is 5.96. The zero-order valence-corrected chi connectivity index (χ0v) is 16.8. The fraction of sp³-hybridized carbons (Fsp3) is 0.364. The molecule has 1 aliphatic heterocycles. The maximum atomic E-state index is 12.2. The van der Waals surface area contributed by atoms with Gasteiger partial charge >= 0.3 is 6.03 Å². The maximum Gasteiger partial charge on any atom is 0.319 e. The zero-order chi connectivity index (χ0) is 20.1. The van der Waals surface area contributed by atoms with E-state index in [0.29, 0.717) is 17.8 Å². The average molecular weight is 380 g/mol. The van der Waals surface area contributed by atoms with Crippen LogP contribution in [0.15, 0.2) is 42.5 Å². The van der Waals surface area contributed by atoms with E-state index in [1.807, 2.05) is 6.92 Å². The molecule has 2 aromatic carbocycles. The molecule has 2 aromatic rings. The first kappa shape index (κ1) is 19.9. The number of aryl methyl sites for hydroxylation is 1. The molecule has 0 spiro atoms. The first-order valence-corrected chi connectivity index (χ1v) is 9.60. The van der Waals surface area contributed by atoms with Crippen molar-refractivity contribution in [3.05, 3.63) is 64.7 Å². The van der Waals surface area contributed by atoms with Crippen LogP contribution in [0.2, 0.25) is 0 Å². The minimum absolute atomic E-state index is 0.0526. The molecule has 0 fully saturated rings. The molecular formula is C22H28N4O2. The van der Waals surface area contributed by atoms with E-state index >= 15 is 0 Å². The van der Waals surface area contributed by atoms with Crippen molar-refractivity contribution in [3.8, 4) is 0 Å². The molecule has 3 amide bonds. The van der Waals surface area contributed by atoms with Gasteiger partial charge in [0.2, 0.25) is 0 Å². The van der Waals surface area contributed by atoms with Crippen LogP contribution in [-0.2, 0) is 13.1 Å². The molecule has 0 atom stereocenters. The molecule has 1 heterocycles. The molecule has 0 bridgehead atoms. The van der Waals surface area contributed by atoms with Gasteiger partial charge in [-0.15, -0.1) is 0 Å². The number of carbonyl (C=O) groups is 2. The van der Waals surface area contributed by atoms with E-state index in [4.69, 9.17) is 0 Å². The van der Waals surface area contributed by atoms with E-state index in [1.165, 1.54) is 16.0 Å². The lowest BCUT2D eigenvalue weighted by atomic mass is 10.1. The molecule has 3 rings (SSSR count). The van der Waals surface area contributed by atoms with Crippen LogP contribution in [0, 0.1) is 6.92 Å². The molecule has 1 aliphatic rings. The van der Waals surface area contributed by atoms with Crippen molar-refractivity contribution >= 4 is 17.6 Å². The molecule has 0 saturated carbocycles. The number of benzene rings is 2. The Balaban J connectivity index is 1.41. The van der Waals surface area contributed by atoms with Gasteiger partial charge in [-0.25, -0.2) is 4.79 Å². The van der Waals surface area contributed by atoms with Crippen molar-refractivity contribution in [2.45, 2.75) is 26.4 Å². The zero-order valence-electron chi connectivity index (χ0n) is 16.8. The minimum Gasteiger partial charge on any atom is -0.345 e. The van der Waals surface area contributed by atoms with Crippen LogP contribution in [0.25, 0.3) is 0 Å². The Bertz CT molecular complexity index is 838. The van der Waals surface area contributed by atoms with Crippen LogP contribution >= 0.6 is 0 Å². The van der Waals surface area contributed by atoms with Gasteiger partial charge in [-0.2, -0.15) is 0 Å². The highest BCUT2D eigenvalue weighted by Crippen LogP contribution is 2.22. The summed E-state index contributed by atoms with van der Waals surface area (Å²) in [6, 6.07) is 13.6. The van der Waals surface area contributed by atoms with Crippen LogP contribution < -0.4 is 10.6 Å². The normalized spacial score (nSPS) is 13.1. The monoisotopic (exact) mass is 380 g/mol. The van der Waals surface area contributed by atoms with Crippen LogP contribution in [0.1, 0.15) is 33.5 Å². The van der Waals surface area contributed by atoms with E-state index in [9.17, 15) is 9.59 Å². The second-order valence-electron chi connectivity index (χ2n) is 7.44. The number of hydrogen-bond donors (Lipinski definition) is 2. The molecule has 28 heavy (non-hydrogen) atoms. The van der Waals surface area contributed by atoms with E-state index < -0.39 is 0 Å². The lowest BCUT2D eigenvalue weighted by molar-refractivity contribution is 0.0827. The van der Waals surface area contributed by atoms with Gasteiger partial charge in [0.15, 0.2) is 0 Å². The number of nitrogens with one attached hydrogen (secondary N) is 2. The van der Waals surface area contributed by atoms with E-state index in [0.717, 1.165) is 31.6 Å². The number of hydrogen-bond acceptors (Lipinski definition) is 3. The number of carbonyl (C=O) groups excluding carboxylic acids is 2. The van der Waals surface area contributed by atoms with Crippen molar-refractivity contribution in [1.82, 2.24) is 15.1 Å². The largest absolute Gasteiger partial charge is 0.345 e. The van der Waals surface area contributed by atoms with E-state index in [1.54, 1.807) is 32.3 Å². The highest BCUT2D eigenvalue weighted by atomic mass is 16.2. The van der Waals surface area contributed by atoms with Crippen LogP contribution in [-0.4, -0.2) is 48.9 Å². The van der Waals surface area contributed by atoms with Crippen LogP contribution in [0.5, 0.6) is 0 Å². The van der Waals surface area contributed by atoms with Crippen molar-refractivity contribution in [1.29, 1.82) is 0 Å². The van der Waals surface area contributed by atoms with Gasteiger partial charge in [0.05, 0.1) is 0 Å². The van der Waals surface area contributed by atoms with Crippen molar-refractivity contribution in [3.63, 3.8) is 0 Å². The summed E-state index contributed by atoms with van der Waals surface area (Å²) in [5, 5.41) is 5.77. The molecule has 0 aromatic heterocycles. The Kier molecular flexibility index (Phi) is 6.31. The molecule has 0 saturated heterocycles. The molecule has 6 heteroatoms. The SMILES string of the molecule is Cc1cc(C(=O)N(C)C)ccc1NC(=O)NCCCN1Cc2ccccc2C1. The van der Waals surface area contributed by atoms with Gasteiger partial charge in [0, 0.05) is 51.5 Å². The van der Waals surface area contributed by atoms with Crippen LogP contribution in [0.4, 0.5) is 10.5 Å². The maximum absolute atomic E-state index is 12.2. The summed E-state index contributed by atoms with van der Waals surface area (Å²) in [5.74, 6) is -0.0526. The molecule has 0 aliphatic carbocycles. The van der Waals surface area contributed by atoms with Gasteiger partial charge < -0.3 is 15.5 Å². The smallest absolute Gasteiger partial charge is 0.319 e. The third-order valence-corrected chi connectivity index (χ3v) is 4.97. The Labute approximate surface area is 166 Å². The quantitative estimate of drug-likeness (QED) is 0.757. The molecule has 0 unspecified atom stereocenters. The predicted octanol–water partition coefficient (Wildman–Crippen LogP) is 3.22. The third kappa shape index (κ3) is 4.89. The van der Waals surface area contributed by atoms with E-state index in [2.05, 4.69) is 39.8 Å². The summed E-state index contributed by atoms with van der Waals surface area (Å²) in [4.78, 5) is 28.1. The van der Waals surface area contributed by atoms with E-state index in [-0.39, 0.29) is 11.9 Å². The lowest BCUT2D eigenvalue weighted by Crippen LogP contribution is -2.31. The number of rotatable bonds is 6. The first-order chi connectivity index (χ1) is 13.4. The standard InChI is InChI=1S/C22H28N4O2/c1-16-13-17(21(27)25(2)3)9-10-20(16)24-22(28)23-11-6-12-26-14-18-7-4-5-8-19(18)15-26/h4-5,7-10,13H,6,11-12,14-15H2,1-3H3,(H2,23,24,28). The highest BCUT2D eigenvalue weighted by Gasteiger charge is 2.17. The molecular weight excluding hydrogens is 352 g/mol. The Morgan fingerprint density at radius 1 is 1.07 bits per heavy atom. The fourth-order valence-corrected chi connectivity index (χ4v) is 3.43. The topological polar surface area (TPSA) is 64.7 Å². The van der Waals surface area contributed by atoms with Crippen molar-refractivity contribution in [2.75, 3.05) is 32.5 Å². The molecule has 148 valence electrons. The fourth-order valence-electron chi connectivity index (χ4n) is 3.43. The summed E-state index contributed by atoms with van der Waals surface area (Å²) >= 11 is 0. The molecule has 0 radical (unpaired) electrons. The number of amides is 3. The van der Waals surface area contributed by atoms with Crippen LogP contribution in [0.3, 0.4) is 0 Å².